The Morgan fingerprint density at radius 3 is 1.79 bits per heavy atom. The third kappa shape index (κ3) is 5.52. The van der Waals surface area contributed by atoms with Crippen molar-refractivity contribution < 1.29 is 31.9 Å². The first-order chi connectivity index (χ1) is 8.22. The maximum Gasteiger partial charge on any atom is 0.459 e. The molecule has 0 radical (unpaired) electrons. The Balaban J connectivity index is 0.000000711. The molecule has 0 aromatic heterocycles. The van der Waals surface area contributed by atoms with Gasteiger partial charge in [0.15, 0.2) is 0 Å². The largest absolute Gasteiger partial charge is 0.469 e. The summed E-state index contributed by atoms with van der Waals surface area (Å²) in [5.41, 5.74) is -1.58. The van der Waals surface area contributed by atoms with E-state index in [9.17, 15) is 22.0 Å². The van der Waals surface area contributed by atoms with Crippen molar-refractivity contribution in [3.05, 3.63) is 11.1 Å². The topological polar surface area (TPSA) is 37.3 Å². The number of carbonyl (C=O) groups is 1. The number of allylic oxidation sites excluding steroid dienone is 2. The predicted octanol–water partition coefficient (Wildman–Crippen LogP) is 5.26. The van der Waals surface area contributed by atoms with E-state index >= 15 is 0 Å². The van der Waals surface area contributed by atoms with Gasteiger partial charge < -0.3 is 5.11 Å². The lowest BCUT2D eigenvalue weighted by molar-refractivity contribution is -0.261. The van der Waals surface area contributed by atoms with Gasteiger partial charge in [0, 0.05) is 11.6 Å². The second kappa shape index (κ2) is 5.83. The number of carboxylic acid groups (broad SMARTS) is 1. The van der Waals surface area contributed by atoms with Gasteiger partial charge in [0.25, 0.3) is 0 Å². The quantitative estimate of drug-likeness (QED) is 0.554. The molecule has 0 bridgehead atoms. The molecule has 0 amide bonds. The van der Waals surface area contributed by atoms with Crippen molar-refractivity contribution in [1.29, 1.82) is 0 Å². The van der Waals surface area contributed by atoms with E-state index in [0.717, 1.165) is 6.08 Å². The molecule has 1 unspecified atom stereocenters. The molecule has 1 aliphatic carbocycles. The lowest BCUT2D eigenvalue weighted by Crippen LogP contribution is -2.36. The zero-order chi connectivity index (χ0) is 15.6. The zero-order valence-corrected chi connectivity index (χ0v) is 11.4. The van der Waals surface area contributed by atoms with E-state index in [0.29, 0.717) is 6.42 Å². The number of halogens is 7. The van der Waals surface area contributed by atoms with E-state index < -0.39 is 22.6 Å². The fraction of sp³-hybridized carbons (Fsp3) is 0.700. The highest BCUT2D eigenvalue weighted by Gasteiger charge is 2.60. The predicted molar refractivity (Wildman–Crippen MR) is 60.7 cm³/mol. The molecule has 0 saturated heterocycles. The number of hydrogen-bond acceptors (Lipinski definition) is 1. The highest BCUT2D eigenvalue weighted by molar-refractivity contribution is 6.60. The van der Waals surface area contributed by atoms with Crippen LogP contribution >= 0.6 is 23.2 Å². The van der Waals surface area contributed by atoms with Crippen molar-refractivity contribution in [3.63, 3.8) is 0 Å². The van der Waals surface area contributed by atoms with Crippen LogP contribution in [0.3, 0.4) is 0 Å². The summed E-state index contributed by atoms with van der Waals surface area (Å²) in [4.78, 5) is 8.77. The van der Waals surface area contributed by atoms with Gasteiger partial charge in [0.2, 0.25) is 0 Å². The molecule has 1 N–H and O–H groups in total. The number of alkyl halides is 5. The molecule has 2 nitrogen and oxygen atoms in total. The molecule has 112 valence electrons. The summed E-state index contributed by atoms with van der Waals surface area (Å²) < 4.78 is 60.9. The normalized spacial score (nSPS) is 22.4. The highest BCUT2D eigenvalue weighted by Crippen LogP contribution is 2.54. The summed E-state index contributed by atoms with van der Waals surface area (Å²) in [5, 5.41) is 5.76. The van der Waals surface area contributed by atoms with E-state index in [1.54, 1.807) is 13.8 Å². The van der Waals surface area contributed by atoms with Gasteiger partial charge in [0.1, 0.15) is 0 Å². The first-order valence-electron chi connectivity index (χ1n) is 4.92. The van der Waals surface area contributed by atoms with E-state index in [2.05, 4.69) is 11.6 Å². The minimum Gasteiger partial charge on any atom is -0.469 e. The van der Waals surface area contributed by atoms with Gasteiger partial charge in [-0.25, -0.2) is 4.79 Å². The average molecular weight is 329 g/mol. The van der Waals surface area contributed by atoms with Gasteiger partial charge in [-0.2, -0.15) is 22.0 Å². The molecule has 0 heterocycles. The molecular weight excluding hydrogens is 318 g/mol. The minimum atomic E-state index is -5.63. The summed E-state index contributed by atoms with van der Waals surface area (Å²) in [5.74, 6) is -5.23. The van der Waals surface area contributed by atoms with Gasteiger partial charge in [-0.05, 0) is 17.8 Å². The lowest BCUT2D eigenvalue weighted by atomic mass is 10.1. The molecule has 0 aliphatic heterocycles. The summed E-state index contributed by atoms with van der Waals surface area (Å²) in [6.07, 6.45) is -4.23. The number of rotatable bonds is 2. The standard InChI is InChI=1S/C9H10ClF5.CHClO2/c1-7(2)4-5(7)3-6(10)8(11,12)9(13,14)15;2-1(3)4/h3,5H,4H2,1-2H3;(H,3,4). The summed E-state index contributed by atoms with van der Waals surface area (Å²) in [6, 6.07) is 0. The van der Waals surface area contributed by atoms with E-state index in [1.807, 2.05) is 0 Å². The number of hydrogen-bond donors (Lipinski definition) is 1. The van der Waals surface area contributed by atoms with Gasteiger partial charge in [-0.15, -0.1) is 0 Å². The Hall–Kier alpha value is -0.560. The molecule has 19 heavy (non-hydrogen) atoms. The van der Waals surface area contributed by atoms with Crippen molar-refractivity contribution in [3.8, 4) is 0 Å². The molecule has 1 aliphatic rings. The van der Waals surface area contributed by atoms with Crippen LogP contribution in [0.2, 0.25) is 0 Å². The Kier molecular flexibility index (Phi) is 5.66. The van der Waals surface area contributed by atoms with Gasteiger partial charge in [-0.3, -0.25) is 0 Å². The van der Waals surface area contributed by atoms with Crippen molar-refractivity contribution in [2.24, 2.45) is 11.3 Å². The molecule has 0 spiro atoms. The molecule has 0 aromatic carbocycles. The molecule has 1 rings (SSSR count). The molecule has 1 fully saturated rings. The maximum absolute atomic E-state index is 12.6. The molecule has 9 heteroatoms. The third-order valence-electron chi connectivity index (χ3n) is 2.59. The fourth-order valence-electron chi connectivity index (χ4n) is 1.21. The summed E-state index contributed by atoms with van der Waals surface area (Å²) in [7, 11) is 0. The summed E-state index contributed by atoms with van der Waals surface area (Å²) >= 11 is 9.20. The van der Waals surface area contributed by atoms with Crippen LogP contribution in [-0.2, 0) is 0 Å². The highest BCUT2D eigenvalue weighted by atomic mass is 35.5. The lowest BCUT2D eigenvalue weighted by Gasteiger charge is -2.18. The zero-order valence-electron chi connectivity index (χ0n) is 9.86. The van der Waals surface area contributed by atoms with Gasteiger partial charge in [-0.1, -0.05) is 31.5 Å². The van der Waals surface area contributed by atoms with Crippen LogP contribution in [0.15, 0.2) is 11.1 Å². The van der Waals surface area contributed by atoms with Gasteiger partial charge in [0.05, 0.1) is 5.03 Å². The Labute approximate surface area is 116 Å². The first-order valence-corrected chi connectivity index (χ1v) is 5.68. The molecule has 0 aromatic rings. The van der Waals surface area contributed by atoms with Gasteiger partial charge >= 0.3 is 17.5 Å². The van der Waals surface area contributed by atoms with Crippen LogP contribution in [0.1, 0.15) is 20.3 Å². The summed E-state index contributed by atoms with van der Waals surface area (Å²) in [6.45, 7) is 3.56. The van der Waals surface area contributed by atoms with Crippen LogP contribution in [-0.4, -0.2) is 22.6 Å². The third-order valence-corrected chi connectivity index (χ3v) is 2.96. The Bertz CT molecular complexity index is 373. The molecular formula is C10H11Cl2F5O2. The second-order valence-electron chi connectivity index (χ2n) is 4.64. The van der Waals surface area contributed by atoms with E-state index in [1.165, 1.54) is 0 Å². The fourth-order valence-corrected chi connectivity index (χ4v) is 1.47. The van der Waals surface area contributed by atoms with Crippen molar-refractivity contribution in [2.45, 2.75) is 32.4 Å². The SMILES string of the molecule is CC1(C)CC1C=C(Cl)C(F)(F)C(F)(F)F.O=C(O)Cl. The van der Waals surface area contributed by atoms with E-state index in [4.69, 9.17) is 21.5 Å². The molecule has 1 saturated carbocycles. The Morgan fingerprint density at radius 1 is 1.26 bits per heavy atom. The van der Waals surface area contributed by atoms with Crippen molar-refractivity contribution in [1.82, 2.24) is 0 Å². The van der Waals surface area contributed by atoms with Crippen LogP contribution in [0.25, 0.3) is 0 Å². The smallest absolute Gasteiger partial charge is 0.459 e. The minimum absolute atomic E-state index is 0.220. The molecule has 1 atom stereocenters. The van der Waals surface area contributed by atoms with Crippen LogP contribution in [0.5, 0.6) is 0 Å². The Morgan fingerprint density at radius 2 is 1.58 bits per heavy atom. The average Bonchev–Trinajstić information content (AvgIpc) is 2.70. The van der Waals surface area contributed by atoms with Crippen LogP contribution < -0.4 is 0 Å². The van der Waals surface area contributed by atoms with E-state index in [-0.39, 0.29) is 11.3 Å². The van der Waals surface area contributed by atoms with Crippen molar-refractivity contribution >= 4 is 28.6 Å². The second-order valence-corrected chi connectivity index (χ2v) is 5.37. The maximum atomic E-state index is 12.6. The van der Waals surface area contributed by atoms with Crippen molar-refractivity contribution in [2.75, 3.05) is 0 Å². The van der Waals surface area contributed by atoms with Crippen LogP contribution in [0, 0.1) is 11.3 Å². The van der Waals surface area contributed by atoms with Crippen LogP contribution in [0.4, 0.5) is 26.7 Å². The first kappa shape index (κ1) is 18.4. The monoisotopic (exact) mass is 328 g/mol.